The topological polar surface area (TPSA) is 0 Å². The summed E-state index contributed by atoms with van der Waals surface area (Å²) in [6, 6.07) is 0. The van der Waals surface area contributed by atoms with Gasteiger partial charge in [0.25, 0.3) is 0 Å². The molecule has 0 amide bonds. The van der Waals surface area contributed by atoms with Crippen molar-refractivity contribution in [3.63, 3.8) is 0 Å². The van der Waals surface area contributed by atoms with E-state index in [2.05, 4.69) is 40.7 Å². The van der Waals surface area contributed by atoms with Gasteiger partial charge in [-0.25, -0.2) is 0 Å². The maximum atomic E-state index is 2.67. The van der Waals surface area contributed by atoms with E-state index in [1.807, 2.05) is 0 Å². The summed E-state index contributed by atoms with van der Waals surface area (Å²) in [4.78, 5) is 0. The van der Waals surface area contributed by atoms with E-state index in [-0.39, 0.29) is 0 Å². The predicted octanol–water partition coefficient (Wildman–Crippen LogP) is 8.17. The summed E-state index contributed by atoms with van der Waals surface area (Å²) in [5.74, 6) is 3.62. The van der Waals surface area contributed by atoms with Crippen LogP contribution in [0.25, 0.3) is 0 Å². The molecule has 0 aromatic carbocycles. The van der Waals surface area contributed by atoms with Gasteiger partial charge in [0, 0.05) is 0 Å². The number of unbranched alkanes of at least 4 members (excludes halogenated alkanes) is 2. The van der Waals surface area contributed by atoms with Gasteiger partial charge in [0.2, 0.25) is 0 Å². The lowest BCUT2D eigenvalue weighted by Crippen LogP contribution is -2.29. The molecule has 0 aromatic heterocycles. The summed E-state index contributed by atoms with van der Waals surface area (Å²) in [5.41, 5.74) is 2.36. The van der Waals surface area contributed by atoms with Crippen molar-refractivity contribution in [2.24, 2.45) is 29.1 Å². The van der Waals surface area contributed by atoms with Gasteiger partial charge in [0.1, 0.15) is 0 Å². The van der Waals surface area contributed by atoms with Gasteiger partial charge in [-0.1, -0.05) is 84.8 Å². The van der Waals surface area contributed by atoms with Crippen molar-refractivity contribution in [1.29, 1.82) is 0 Å². The molecule has 0 heteroatoms. The fourth-order valence-electron chi connectivity index (χ4n) is 5.28. The highest BCUT2D eigenvalue weighted by Gasteiger charge is 2.36. The molecule has 0 heterocycles. The third-order valence-corrected chi connectivity index (χ3v) is 7.65. The van der Waals surface area contributed by atoms with Crippen LogP contribution < -0.4 is 0 Å². The molecule has 1 fully saturated rings. The summed E-state index contributed by atoms with van der Waals surface area (Å²) < 4.78 is 0. The van der Waals surface area contributed by atoms with E-state index in [0.29, 0.717) is 5.41 Å². The Morgan fingerprint density at radius 2 is 1.88 bits per heavy atom. The first-order valence-corrected chi connectivity index (χ1v) is 11.1. The fourth-order valence-corrected chi connectivity index (χ4v) is 5.28. The zero-order chi connectivity index (χ0) is 17.6. The highest BCUT2D eigenvalue weighted by atomic mass is 14.4. The molecule has 2 aliphatic carbocycles. The largest absolute Gasteiger partial charge is 0.0850 e. The highest BCUT2D eigenvalue weighted by Crippen LogP contribution is 2.47. The summed E-state index contributed by atoms with van der Waals surface area (Å²) in [6.07, 6.45) is 19.7. The van der Waals surface area contributed by atoms with Crippen molar-refractivity contribution in [3.8, 4) is 0 Å². The number of rotatable bonds is 4. The molecule has 2 aliphatic rings. The molecule has 2 rings (SSSR count). The molecule has 0 nitrogen and oxygen atoms in total. The van der Waals surface area contributed by atoms with Crippen LogP contribution in [-0.4, -0.2) is 0 Å². The van der Waals surface area contributed by atoms with E-state index in [1.54, 1.807) is 5.57 Å². The third-order valence-electron chi connectivity index (χ3n) is 7.65. The second-order valence-corrected chi connectivity index (χ2v) is 9.83. The van der Waals surface area contributed by atoms with E-state index < -0.39 is 0 Å². The molecular weight excluding hydrogens is 288 g/mol. The van der Waals surface area contributed by atoms with Gasteiger partial charge >= 0.3 is 0 Å². The van der Waals surface area contributed by atoms with Crippen LogP contribution >= 0.6 is 0 Å². The minimum Gasteiger partial charge on any atom is -0.0850 e. The third kappa shape index (κ3) is 5.63. The van der Waals surface area contributed by atoms with Gasteiger partial charge in [0.05, 0.1) is 0 Å². The molecule has 0 aromatic rings. The predicted molar refractivity (Wildman–Crippen MR) is 108 cm³/mol. The summed E-state index contributed by atoms with van der Waals surface area (Å²) in [7, 11) is 0. The molecule has 2 bridgehead atoms. The zero-order valence-corrected chi connectivity index (χ0v) is 17.4. The Morgan fingerprint density at radius 1 is 1.08 bits per heavy atom. The van der Waals surface area contributed by atoms with E-state index >= 15 is 0 Å². The van der Waals surface area contributed by atoms with Crippen molar-refractivity contribution in [2.75, 3.05) is 0 Å². The number of fused-ring (bicyclic) bond motifs is 2. The second kappa shape index (κ2) is 9.44. The minimum absolute atomic E-state index is 0.562. The molecule has 5 atom stereocenters. The van der Waals surface area contributed by atoms with Crippen molar-refractivity contribution in [2.45, 2.75) is 112 Å². The first-order valence-electron chi connectivity index (χ1n) is 11.1. The first-order chi connectivity index (χ1) is 11.4. The average molecular weight is 333 g/mol. The van der Waals surface area contributed by atoms with Crippen LogP contribution in [0.4, 0.5) is 0 Å². The maximum absolute atomic E-state index is 2.67. The normalized spacial score (nSPS) is 38.8. The van der Waals surface area contributed by atoms with E-state index in [1.165, 1.54) is 77.0 Å². The van der Waals surface area contributed by atoms with Crippen LogP contribution in [0, 0.1) is 29.1 Å². The van der Waals surface area contributed by atoms with Crippen molar-refractivity contribution in [1.82, 2.24) is 0 Å². The molecule has 0 spiro atoms. The standard InChI is InChI=1S/C24H44/c1-6-7-8-11-22-14-13-21(4)24(5)16-15-19(2)10-9-12-23(18-24)20(3)17-22/h14,19-21,23H,6-13,15-18H2,1-5H3. The molecule has 0 radical (unpaired) electrons. The van der Waals surface area contributed by atoms with Gasteiger partial charge < -0.3 is 0 Å². The van der Waals surface area contributed by atoms with Crippen LogP contribution in [0.5, 0.6) is 0 Å². The molecule has 140 valence electrons. The average Bonchev–Trinajstić information content (AvgIpc) is 2.65. The smallest absolute Gasteiger partial charge is 0.0292 e. The number of hydrogen-bond acceptors (Lipinski definition) is 0. The maximum Gasteiger partial charge on any atom is -0.0292 e. The van der Waals surface area contributed by atoms with Gasteiger partial charge in [0.15, 0.2) is 0 Å². The Hall–Kier alpha value is -0.260. The summed E-state index contributed by atoms with van der Waals surface area (Å²) in [6.45, 7) is 12.6. The summed E-state index contributed by atoms with van der Waals surface area (Å²) >= 11 is 0. The molecule has 5 unspecified atom stereocenters. The van der Waals surface area contributed by atoms with E-state index in [4.69, 9.17) is 0 Å². The quantitative estimate of drug-likeness (QED) is 0.359. The van der Waals surface area contributed by atoms with Crippen LogP contribution in [0.15, 0.2) is 11.6 Å². The van der Waals surface area contributed by atoms with Crippen molar-refractivity contribution in [3.05, 3.63) is 11.6 Å². The van der Waals surface area contributed by atoms with Gasteiger partial charge in [-0.2, -0.15) is 0 Å². The van der Waals surface area contributed by atoms with Gasteiger partial charge in [-0.3, -0.25) is 0 Å². The number of hydrogen-bond donors (Lipinski definition) is 0. The Morgan fingerprint density at radius 3 is 2.62 bits per heavy atom. The fraction of sp³-hybridized carbons (Fsp3) is 0.917. The van der Waals surface area contributed by atoms with Crippen molar-refractivity contribution < 1.29 is 0 Å². The van der Waals surface area contributed by atoms with Crippen LogP contribution in [0.3, 0.4) is 0 Å². The Kier molecular flexibility index (Phi) is 7.89. The van der Waals surface area contributed by atoms with Crippen LogP contribution in [-0.2, 0) is 0 Å². The molecule has 24 heavy (non-hydrogen) atoms. The first kappa shape index (κ1) is 20.1. The van der Waals surface area contributed by atoms with Crippen LogP contribution in [0.1, 0.15) is 112 Å². The molecule has 0 aliphatic heterocycles. The Bertz CT molecular complexity index is 393. The van der Waals surface area contributed by atoms with Crippen molar-refractivity contribution >= 4 is 0 Å². The van der Waals surface area contributed by atoms with Crippen LogP contribution in [0.2, 0.25) is 0 Å². The van der Waals surface area contributed by atoms with E-state index in [0.717, 1.165) is 23.7 Å². The lowest BCUT2D eigenvalue weighted by molar-refractivity contribution is 0.113. The zero-order valence-electron chi connectivity index (χ0n) is 17.4. The monoisotopic (exact) mass is 332 g/mol. The van der Waals surface area contributed by atoms with E-state index in [9.17, 15) is 0 Å². The molecular formula is C24H44. The minimum atomic E-state index is 0.562. The second-order valence-electron chi connectivity index (χ2n) is 9.83. The lowest BCUT2D eigenvalue weighted by Gasteiger charge is -2.39. The lowest BCUT2D eigenvalue weighted by atomic mass is 9.66. The molecule has 0 N–H and O–H groups in total. The Labute approximate surface area is 152 Å². The highest BCUT2D eigenvalue weighted by molar-refractivity contribution is 5.06. The molecule has 0 saturated heterocycles. The molecule has 1 saturated carbocycles. The summed E-state index contributed by atoms with van der Waals surface area (Å²) in [5, 5.41) is 0. The van der Waals surface area contributed by atoms with Gasteiger partial charge in [-0.15, -0.1) is 0 Å². The Balaban J connectivity index is 2.17. The SMILES string of the molecule is CCCCCC1=CCC(C)C2(C)CCC(C)CCCC(C2)C(C)C1. The number of allylic oxidation sites excluding steroid dienone is 2. The van der Waals surface area contributed by atoms with Gasteiger partial charge in [-0.05, 0) is 67.6 Å².